The average molecular weight is 319 g/mol. The topological polar surface area (TPSA) is 12.0 Å². The SMILES string of the molecule is Fc1cc(I)ccc1Nc1cccs1. The number of hydrogen-bond acceptors (Lipinski definition) is 2. The van der Waals surface area contributed by atoms with Crippen LogP contribution in [-0.2, 0) is 0 Å². The van der Waals surface area contributed by atoms with Gasteiger partial charge in [0.25, 0.3) is 0 Å². The van der Waals surface area contributed by atoms with Crippen LogP contribution in [0.2, 0.25) is 0 Å². The van der Waals surface area contributed by atoms with Crippen molar-refractivity contribution in [3.63, 3.8) is 0 Å². The minimum Gasteiger partial charge on any atom is -0.345 e. The van der Waals surface area contributed by atoms with E-state index in [1.165, 1.54) is 6.07 Å². The van der Waals surface area contributed by atoms with Crippen molar-refractivity contribution < 1.29 is 4.39 Å². The summed E-state index contributed by atoms with van der Waals surface area (Å²) in [6, 6.07) is 8.98. The predicted octanol–water partition coefficient (Wildman–Crippen LogP) is 4.24. The first kappa shape index (κ1) is 9.92. The van der Waals surface area contributed by atoms with Crippen molar-refractivity contribution in [3.8, 4) is 0 Å². The summed E-state index contributed by atoms with van der Waals surface area (Å²) < 4.78 is 14.3. The summed E-state index contributed by atoms with van der Waals surface area (Å²) in [5, 5.41) is 5.92. The maximum Gasteiger partial charge on any atom is 0.147 e. The van der Waals surface area contributed by atoms with Gasteiger partial charge in [-0.3, -0.25) is 0 Å². The molecule has 4 heteroatoms. The van der Waals surface area contributed by atoms with Crippen LogP contribution < -0.4 is 5.32 Å². The summed E-state index contributed by atoms with van der Waals surface area (Å²) in [4.78, 5) is 0. The third-order valence-electron chi connectivity index (χ3n) is 1.71. The maximum atomic E-state index is 13.4. The molecule has 1 aromatic carbocycles. The van der Waals surface area contributed by atoms with E-state index in [2.05, 4.69) is 27.9 Å². The second-order valence-electron chi connectivity index (χ2n) is 2.73. The van der Waals surface area contributed by atoms with E-state index in [0.29, 0.717) is 5.69 Å². The summed E-state index contributed by atoms with van der Waals surface area (Å²) in [6.07, 6.45) is 0. The molecule has 0 aliphatic rings. The van der Waals surface area contributed by atoms with E-state index in [0.717, 1.165) is 8.57 Å². The van der Waals surface area contributed by atoms with E-state index in [-0.39, 0.29) is 5.82 Å². The van der Waals surface area contributed by atoms with E-state index < -0.39 is 0 Å². The molecule has 1 N–H and O–H groups in total. The lowest BCUT2D eigenvalue weighted by molar-refractivity contribution is 0.631. The molecule has 0 aliphatic carbocycles. The number of thiophene rings is 1. The molecule has 0 aliphatic heterocycles. The summed E-state index contributed by atoms with van der Waals surface area (Å²) in [6.45, 7) is 0. The Hall–Kier alpha value is -0.620. The molecular formula is C10H7FINS. The zero-order valence-electron chi connectivity index (χ0n) is 7.13. The van der Waals surface area contributed by atoms with Gasteiger partial charge in [0, 0.05) is 3.57 Å². The number of benzene rings is 1. The molecule has 0 spiro atoms. The summed E-state index contributed by atoms with van der Waals surface area (Å²) in [5.41, 5.74) is 0.521. The van der Waals surface area contributed by atoms with E-state index in [4.69, 9.17) is 0 Å². The molecule has 2 aromatic rings. The van der Waals surface area contributed by atoms with E-state index in [1.54, 1.807) is 17.4 Å². The molecule has 0 radical (unpaired) electrons. The zero-order valence-corrected chi connectivity index (χ0v) is 10.1. The van der Waals surface area contributed by atoms with Crippen molar-refractivity contribution in [3.05, 3.63) is 45.1 Å². The lowest BCUT2D eigenvalue weighted by Crippen LogP contribution is -1.91. The van der Waals surface area contributed by atoms with Crippen molar-refractivity contribution in [1.29, 1.82) is 0 Å². The fourth-order valence-electron chi connectivity index (χ4n) is 1.07. The Kier molecular flexibility index (Phi) is 3.02. The van der Waals surface area contributed by atoms with Gasteiger partial charge in [0.2, 0.25) is 0 Å². The van der Waals surface area contributed by atoms with Gasteiger partial charge >= 0.3 is 0 Å². The third-order valence-corrected chi connectivity index (χ3v) is 3.17. The second-order valence-corrected chi connectivity index (χ2v) is 4.92. The van der Waals surface area contributed by atoms with Gasteiger partial charge in [-0.2, -0.15) is 0 Å². The fraction of sp³-hybridized carbons (Fsp3) is 0. The van der Waals surface area contributed by atoms with Crippen molar-refractivity contribution in [2.75, 3.05) is 5.32 Å². The first-order chi connectivity index (χ1) is 6.75. The smallest absolute Gasteiger partial charge is 0.147 e. The lowest BCUT2D eigenvalue weighted by atomic mass is 10.3. The lowest BCUT2D eigenvalue weighted by Gasteiger charge is -2.04. The van der Waals surface area contributed by atoms with Gasteiger partial charge < -0.3 is 5.32 Å². The highest BCUT2D eigenvalue weighted by Gasteiger charge is 2.02. The predicted molar refractivity (Wildman–Crippen MR) is 66.7 cm³/mol. The fourth-order valence-corrected chi connectivity index (χ4v) is 2.16. The Bertz CT molecular complexity index is 428. The first-order valence-electron chi connectivity index (χ1n) is 4.01. The number of nitrogens with one attached hydrogen (secondary N) is 1. The van der Waals surface area contributed by atoms with E-state index in [9.17, 15) is 4.39 Å². The average Bonchev–Trinajstić information content (AvgIpc) is 2.62. The molecule has 1 nitrogen and oxygen atoms in total. The Morgan fingerprint density at radius 1 is 1.29 bits per heavy atom. The number of anilines is 2. The largest absolute Gasteiger partial charge is 0.345 e. The molecule has 2 rings (SSSR count). The van der Waals surface area contributed by atoms with Crippen LogP contribution in [0.4, 0.5) is 15.1 Å². The minimum atomic E-state index is -0.217. The highest BCUT2D eigenvalue weighted by molar-refractivity contribution is 14.1. The number of rotatable bonds is 2. The van der Waals surface area contributed by atoms with Crippen molar-refractivity contribution in [2.45, 2.75) is 0 Å². The molecule has 0 saturated carbocycles. The van der Waals surface area contributed by atoms with Crippen LogP contribution in [0.15, 0.2) is 35.7 Å². The molecule has 72 valence electrons. The van der Waals surface area contributed by atoms with E-state index >= 15 is 0 Å². The minimum absolute atomic E-state index is 0.217. The molecule has 0 bridgehead atoms. The second kappa shape index (κ2) is 4.27. The van der Waals surface area contributed by atoms with Gasteiger partial charge in [-0.05, 0) is 58.3 Å². The van der Waals surface area contributed by atoms with E-state index in [1.807, 2.05) is 23.6 Å². The molecule has 0 saturated heterocycles. The highest BCUT2D eigenvalue weighted by Crippen LogP contribution is 2.24. The molecular weight excluding hydrogens is 312 g/mol. The van der Waals surface area contributed by atoms with Crippen LogP contribution in [0.25, 0.3) is 0 Å². The van der Waals surface area contributed by atoms with Gasteiger partial charge in [-0.1, -0.05) is 0 Å². The van der Waals surface area contributed by atoms with Crippen molar-refractivity contribution in [2.24, 2.45) is 0 Å². The summed E-state index contributed by atoms with van der Waals surface area (Å²) >= 11 is 3.64. The Labute approximate surface area is 99.1 Å². The van der Waals surface area contributed by atoms with Crippen LogP contribution in [0.1, 0.15) is 0 Å². The zero-order chi connectivity index (χ0) is 9.97. The first-order valence-corrected chi connectivity index (χ1v) is 5.97. The quantitative estimate of drug-likeness (QED) is 0.817. The standard InChI is InChI=1S/C10H7FINS/c11-8-6-7(12)3-4-9(8)13-10-2-1-5-14-10/h1-6,13H. The Balaban J connectivity index is 2.25. The maximum absolute atomic E-state index is 13.4. The van der Waals surface area contributed by atoms with Gasteiger partial charge in [-0.25, -0.2) is 4.39 Å². The van der Waals surface area contributed by atoms with Gasteiger partial charge in [0.05, 0.1) is 10.7 Å². The van der Waals surface area contributed by atoms with Gasteiger partial charge in [-0.15, -0.1) is 11.3 Å². The normalized spacial score (nSPS) is 10.1. The van der Waals surface area contributed by atoms with Crippen LogP contribution in [0.5, 0.6) is 0 Å². The van der Waals surface area contributed by atoms with Crippen LogP contribution in [0.3, 0.4) is 0 Å². The van der Waals surface area contributed by atoms with Crippen LogP contribution >= 0.6 is 33.9 Å². The van der Waals surface area contributed by atoms with Crippen molar-refractivity contribution >= 4 is 44.6 Å². The molecule has 0 unspecified atom stereocenters. The third kappa shape index (κ3) is 2.24. The van der Waals surface area contributed by atoms with Crippen LogP contribution in [-0.4, -0.2) is 0 Å². The van der Waals surface area contributed by atoms with Gasteiger partial charge in [0.1, 0.15) is 5.82 Å². The summed E-state index contributed by atoms with van der Waals surface area (Å²) in [7, 11) is 0. The molecule has 1 heterocycles. The molecule has 0 amide bonds. The van der Waals surface area contributed by atoms with Crippen LogP contribution in [0, 0.1) is 9.39 Å². The number of hydrogen-bond donors (Lipinski definition) is 1. The molecule has 0 atom stereocenters. The van der Waals surface area contributed by atoms with Crippen molar-refractivity contribution in [1.82, 2.24) is 0 Å². The summed E-state index contributed by atoms with van der Waals surface area (Å²) in [5.74, 6) is -0.217. The van der Waals surface area contributed by atoms with Gasteiger partial charge in [0.15, 0.2) is 0 Å². The highest BCUT2D eigenvalue weighted by atomic mass is 127. The molecule has 0 fully saturated rings. The monoisotopic (exact) mass is 319 g/mol. The Morgan fingerprint density at radius 3 is 2.79 bits per heavy atom. The number of halogens is 2. The molecule has 14 heavy (non-hydrogen) atoms. The molecule has 1 aromatic heterocycles. The Morgan fingerprint density at radius 2 is 2.14 bits per heavy atom.